The molecule has 0 spiro atoms. The van der Waals surface area contributed by atoms with Crippen molar-refractivity contribution in [3.05, 3.63) is 29.3 Å². The molecule has 1 amide bonds. The van der Waals surface area contributed by atoms with E-state index < -0.39 is 0 Å². The topological polar surface area (TPSA) is 58.8 Å². The normalized spacial score (nSPS) is 16.6. The van der Waals surface area contributed by atoms with Crippen LogP contribution in [0.5, 0.6) is 5.75 Å². The molecule has 1 heterocycles. The predicted octanol–water partition coefficient (Wildman–Crippen LogP) is 1.11. The van der Waals surface area contributed by atoms with E-state index in [4.69, 9.17) is 10.5 Å². The summed E-state index contributed by atoms with van der Waals surface area (Å²) in [4.78, 5) is 17.0. The first kappa shape index (κ1) is 15.8. The molecule has 0 saturated carbocycles. The van der Waals surface area contributed by atoms with Crippen molar-refractivity contribution < 1.29 is 9.53 Å². The van der Waals surface area contributed by atoms with Gasteiger partial charge >= 0.3 is 0 Å². The van der Waals surface area contributed by atoms with E-state index in [2.05, 4.69) is 4.90 Å². The monoisotopic (exact) mass is 291 g/mol. The van der Waals surface area contributed by atoms with Crippen LogP contribution in [0.1, 0.15) is 22.3 Å². The first-order chi connectivity index (χ1) is 10.2. The van der Waals surface area contributed by atoms with E-state index in [-0.39, 0.29) is 5.91 Å². The quantitative estimate of drug-likeness (QED) is 0.903. The lowest BCUT2D eigenvalue weighted by Crippen LogP contribution is -2.36. The summed E-state index contributed by atoms with van der Waals surface area (Å²) >= 11 is 0. The van der Waals surface area contributed by atoms with Gasteiger partial charge in [-0.3, -0.25) is 4.79 Å². The molecule has 1 fully saturated rings. The van der Waals surface area contributed by atoms with Crippen molar-refractivity contribution in [2.24, 2.45) is 5.73 Å². The van der Waals surface area contributed by atoms with Crippen molar-refractivity contribution >= 4 is 5.91 Å². The molecule has 2 N–H and O–H groups in total. The summed E-state index contributed by atoms with van der Waals surface area (Å²) in [6, 6.07) is 5.73. The molecule has 0 atom stereocenters. The van der Waals surface area contributed by atoms with Gasteiger partial charge in [0.1, 0.15) is 5.75 Å². The fraction of sp³-hybridized carbons (Fsp3) is 0.562. The van der Waals surface area contributed by atoms with Gasteiger partial charge in [-0.05, 0) is 32.0 Å². The van der Waals surface area contributed by atoms with Crippen molar-refractivity contribution in [1.29, 1.82) is 0 Å². The smallest absolute Gasteiger partial charge is 0.257 e. The second-order valence-corrected chi connectivity index (χ2v) is 5.48. The molecule has 21 heavy (non-hydrogen) atoms. The van der Waals surface area contributed by atoms with E-state index in [1.165, 1.54) is 0 Å². The third-order valence-electron chi connectivity index (χ3n) is 3.91. The lowest BCUT2D eigenvalue weighted by molar-refractivity contribution is 0.0758. The molecule has 0 aromatic heterocycles. The summed E-state index contributed by atoms with van der Waals surface area (Å²) < 4.78 is 5.33. The fourth-order valence-corrected chi connectivity index (χ4v) is 2.74. The molecule has 0 unspecified atom stereocenters. The van der Waals surface area contributed by atoms with Gasteiger partial charge in [-0.15, -0.1) is 0 Å². The largest absolute Gasteiger partial charge is 0.496 e. The number of amides is 1. The molecule has 116 valence electrons. The zero-order valence-corrected chi connectivity index (χ0v) is 13.0. The Morgan fingerprint density at radius 3 is 2.81 bits per heavy atom. The Hall–Kier alpha value is -1.59. The minimum atomic E-state index is 0.0603. The van der Waals surface area contributed by atoms with Crippen LogP contribution in [0, 0.1) is 6.92 Å². The zero-order valence-electron chi connectivity index (χ0n) is 13.0. The minimum absolute atomic E-state index is 0.0603. The number of nitrogens with two attached hydrogens (primary N) is 1. The van der Waals surface area contributed by atoms with Crippen LogP contribution in [0.4, 0.5) is 0 Å². The maximum atomic E-state index is 12.8. The number of carbonyl (C=O) groups is 1. The molecule has 1 saturated heterocycles. The molecule has 5 heteroatoms. The van der Waals surface area contributed by atoms with Gasteiger partial charge in [0.25, 0.3) is 5.91 Å². The first-order valence-corrected chi connectivity index (χ1v) is 7.52. The fourth-order valence-electron chi connectivity index (χ4n) is 2.74. The van der Waals surface area contributed by atoms with Crippen molar-refractivity contribution in [3.8, 4) is 5.75 Å². The number of rotatable bonds is 4. The third kappa shape index (κ3) is 3.95. The van der Waals surface area contributed by atoms with Crippen LogP contribution in [0.15, 0.2) is 18.2 Å². The molecular weight excluding hydrogens is 266 g/mol. The summed E-state index contributed by atoms with van der Waals surface area (Å²) in [5.74, 6) is 0.707. The van der Waals surface area contributed by atoms with Crippen LogP contribution < -0.4 is 10.5 Å². The standard InChI is InChI=1S/C16H25N3O2/c1-13-4-5-15(21-2)14(12-13)16(20)19-8-3-7-18(9-6-17)10-11-19/h4-5,12H,3,6-11,17H2,1-2H3. The Morgan fingerprint density at radius 2 is 2.10 bits per heavy atom. The Bertz CT molecular complexity index is 490. The second-order valence-electron chi connectivity index (χ2n) is 5.48. The van der Waals surface area contributed by atoms with Gasteiger partial charge < -0.3 is 20.3 Å². The van der Waals surface area contributed by atoms with Gasteiger partial charge in [-0.1, -0.05) is 11.6 Å². The number of nitrogens with zero attached hydrogens (tertiary/aromatic N) is 2. The Balaban J connectivity index is 2.11. The van der Waals surface area contributed by atoms with Gasteiger partial charge in [-0.25, -0.2) is 0 Å². The van der Waals surface area contributed by atoms with Crippen LogP contribution in [-0.2, 0) is 0 Å². The summed E-state index contributed by atoms with van der Waals surface area (Å²) in [6.45, 7) is 6.98. The van der Waals surface area contributed by atoms with Gasteiger partial charge in [-0.2, -0.15) is 0 Å². The van der Waals surface area contributed by atoms with Gasteiger partial charge in [0.2, 0.25) is 0 Å². The van der Waals surface area contributed by atoms with Gasteiger partial charge in [0.15, 0.2) is 0 Å². The van der Waals surface area contributed by atoms with E-state index in [1.54, 1.807) is 7.11 Å². The van der Waals surface area contributed by atoms with E-state index in [0.717, 1.165) is 44.7 Å². The number of ether oxygens (including phenoxy) is 1. The SMILES string of the molecule is COc1ccc(C)cc1C(=O)N1CCCN(CCN)CC1. The highest BCUT2D eigenvalue weighted by Gasteiger charge is 2.22. The second kappa shape index (κ2) is 7.43. The number of benzene rings is 1. The van der Waals surface area contributed by atoms with Gasteiger partial charge in [0, 0.05) is 32.7 Å². The number of hydrogen-bond donors (Lipinski definition) is 1. The maximum Gasteiger partial charge on any atom is 0.257 e. The average Bonchev–Trinajstić information content (AvgIpc) is 2.72. The van der Waals surface area contributed by atoms with Crippen molar-refractivity contribution in [2.75, 3.05) is 46.4 Å². The Morgan fingerprint density at radius 1 is 1.29 bits per heavy atom. The molecule has 1 aliphatic rings. The third-order valence-corrected chi connectivity index (χ3v) is 3.91. The van der Waals surface area contributed by atoms with Crippen LogP contribution in [0.25, 0.3) is 0 Å². The van der Waals surface area contributed by atoms with E-state index in [1.807, 2.05) is 30.0 Å². The molecular formula is C16H25N3O2. The average molecular weight is 291 g/mol. The Labute approximate surface area is 126 Å². The molecule has 1 aliphatic heterocycles. The summed E-state index contributed by atoms with van der Waals surface area (Å²) in [5, 5.41) is 0. The van der Waals surface area contributed by atoms with Crippen molar-refractivity contribution in [3.63, 3.8) is 0 Å². The molecule has 1 aromatic carbocycles. The van der Waals surface area contributed by atoms with E-state index in [0.29, 0.717) is 17.9 Å². The molecule has 0 aliphatic carbocycles. The zero-order chi connectivity index (χ0) is 15.2. The van der Waals surface area contributed by atoms with Crippen molar-refractivity contribution in [2.45, 2.75) is 13.3 Å². The highest BCUT2D eigenvalue weighted by atomic mass is 16.5. The minimum Gasteiger partial charge on any atom is -0.496 e. The highest BCUT2D eigenvalue weighted by molar-refractivity contribution is 5.97. The van der Waals surface area contributed by atoms with Gasteiger partial charge in [0.05, 0.1) is 12.7 Å². The first-order valence-electron chi connectivity index (χ1n) is 7.52. The van der Waals surface area contributed by atoms with Crippen LogP contribution in [0.2, 0.25) is 0 Å². The number of aryl methyl sites for hydroxylation is 1. The predicted molar refractivity (Wildman–Crippen MR) is 83.7 cm³/mol. The maximum absolute atomic E-state index is 12.8. The highest BCUT2D eigenvalue weighted by Crippen LogP contribution is 2.22. The lowest BCUT2D eigenvalue weighted by Gasteiger charge is -2.22. The van der Waals surface area contributed by atoms with Crippen LogP contribution in [-0.4, -0.2) is 62.1 Å². The summed E-state index contributed by atoms with van der Waals surface area (Å²) in [7, 11) is 1.60. The summed E-state index contributed by atoms with van der Waals surface area (Å²) in [6.07, 6.45) is 0.986. The molecule has 0 bridgehead atoms. The van der Waals surface area contributed by atoms with Crippen LogP contribution >= 0.6 is 0 Å². The molecule has 5 nitrogen and oxygen atoms in total. The molecule has 1 aromatic rings. The number of hydrogen-bond acceptors (Lipinski definition) is 4. The lowest BCUT2D eigenvalue weighted by atomic mass is 10.1. The van der Waals surface area contributed by atoms with Crippen molar-refractivity contribution in [1.82, 2.24) is 9.80 Å². The van der Waals surface area contributed by atoms with E-state index in [9.17, 15) is 4.79 Å². The summed E-state index contributed by atoms with van der Waals surface area (Å²) in [5.41, 5.74) is 7.34. The number of methoxy groups -OCH3 is 1. The molecule has 0 radical (unpaired) electrons. The molecule has 2 rings (SSSR count). The van der Waals surface area contributed by atoms with Crippen LogP contribution in [0.3, 0.4) is 0 Å². The van der Waals surface area contributed by atoms with E-state index >= 15 is 0 Å². The Kier molecular flexibility index (Phi) is 5.59. The number of carbonyl (C=O) groups excluding carboxylic acids is 1.